The number of piperidine rings is 1. The number of hydrogen-bond acceptors (Lipinski definition) is 5. The van der Waals surface area contributed by atoms with Crippen molar-refractivity contribution in [3.05, 3.63) is 65.2 Å². The van der Waals surface area contributed by atoms with E-state index in [0.717, 1.165) is 29.7 Å². The Morgan fingerprint density at radius 3 is 2.48 bits per heavy atom. The summed E-state index contributed by atoms with van der Waals surface area (Å²) in [6, 6.07) is 16.2. The van der Waals surface area contributed by atoms with Crippen molar-refractivity contribution < 1.29 is 19.1 Å². The monoisotopic (exact) mass is 420 g/mol. The molecular formula is C25H28N2O4. The molecule has 1 heterocycles. The molecule has 2 aromatic carbocycles. The molecule has 0 aromatic heterocycles. The predicted octanol–water partition coefficient (Wildman–Crippen LogP) is 4.39. The van der Waals surface area contributed by atoms with Crippen molar-refractivity contribution in [2.24, 2.45) is 5.92 Å². The van der Waals surface area contributed by atoms with Gasteiger partial charge in [-0.25, -0.2) is 0 Å². The molecule has 2 aromatic rings. The second kappa shape index (κ2) is 10.6. The van der Waals surface area contributed by atoms with Crippen molar-refractivity contribution in [3.63, 3.8) is 0 Å². The maximum absolute atomic E-state index is 13.1. The Balaban J connectivity index is 1.80. The summed E-state index contributed by atoms with van der Waals surface area (Å²) in [7, 11) is 1.61. The molecule has 162 valence electrons. The van der Waals surface area contributed by atoms with Crippen LogP contribution in [0.4, 0.5) is 0 Å². The second-order valence-electron chi connectivity index (χ2n) is 7.72. The van der Waals surface area contributed by atoms with Crippen LogP contribution >= 0.6 is 0 Å². The third-order valence-electron chi connectivity index (χ3n) is 5.68. The number of ether oxygens (including phenoxy) is 2. The van der Waals surface area contributed by atoms with Gasteiger partial charge in [0.05, 0.1) is 30.7 Å². The van der Waals surface area contributed by atoms with E-state index in [9.17, 15) is 9.59 Å². The molecule has 3 rings (SSSR count). The number of hydrogen-bond donors (Lipinski definition) is 0. The molecule has 6 nitrogen and oxygen atoms in total. The van der Waals surface area contributed by atoms with E-state index < -0.39 is 5.92 Å². The molecule has 0 unspecified atom stereocenters. The molecule has 2 atom stereocenters. The summed E-state index contributed by atoms with van der Waals surface area (Å²) in [4.78, 5) is 27.7. The number of esters is 1. The molecule has 6 heteroatoms. The Hall–Kier alpha value is -3.33. The molecule has 0 spiro atoms. The standard InChI is InChI=1S/C25H28N2O4/c1-3-4-15-27-23(28)14-13-22(24(27)20-9-11-21(30-2)12-10-20)25(29)31-17-19-7-5-18(16-26)6-8-19/h5-12,22,24H,3-4,13-15,17H2,1-2H3/t22-,24-/m1/s1. The Kier molecular flexibility index (Phi) is 7.66. The van der Waals surface area contributed by atoms with Crippen LogP contribution in [0.3, 0.4) is 0 Å². The number of amides is 1. The fraction of sp³-hybridized carbons (Fsp3) is 0.400. The maximum Gasteiger partial charge on any atom is 0.311 e. The van der Waals surface area contributed by atoms with E-state index in [1.54, 1.807) is 31.4 Å². The normalized spacial score (nSPS) is 18.4. The van der Waals surface area contributed by atoms with E-state index in [1.165, 1.54) is 0 Å². The van der Waals surface area contributed by atoms with Crippen LogP contribution in [0, 0.1) is 17.2 Å². The first-order valence-corrected chi connectivity index (χ1v) is 10.7. The van der Waals surface area contributed by atoms with Gasteiger partial charge in [-0.3, -0.25) is 9.59 Å². The summed E-state index contributed by atoms with van der Waals surface area (Å²) in [6.07, 6.45) is 2.65. The van der Waals surface area contributed by atoms with Gasteiger partial charge < -0.3 is 14.4 Å². The number of nitrogens with zero attached hydrogens (tertiary/aromatic N) is 2. The minimum Gasteiger partial charge on any atom is -0.497 e. The van der Waals surface area contributed by atoms with Crippen LogP contribution in [0.5, 0.6) is 5.75 Å². The minimum atomic E-state index is -0.429. The summed E-state index contributed by atoms with van der Waals surface area (Å²) in [6.45, 7) is 2.84. The van der Waals surface area contributed by atoms with Crippen LogP contribution in [-0.4, -0.2) is 30.4 Å². The molecule has 0 saturated carbocycles. The Bertz CT molecular complexity index is 931. The highest BCUT2D eigenvalue weighted by atomic mass is 16.5. The molecule has 0 aliphatic carbocycles. The van der Waals surface area contributed by atoms with Crippen LogP contribution in [0.1, 0.15) is 55.3 Å². The van der Waals surface area contributed by atoms with Crippen molar-refractivity contribution >= 4 is 11.9 Å². The van der Waals surface area contributed by atoms with Gasteiger partial charge in [-0.05, 0) is 48.2 Å². The van der Waals surface area contributed by atoms with Gasteiger partial charge in [-0.1, -0.05) is 37.6 Å². The molecule has 1 aliphatic rings. The summed E-state index contributed by atoms with van der Waals surface area (Å²) in [5, 5.41) is 8.92. The summed E-state index contributed by atoms with van der Waals surface area (Å²) in [5.74, 6) is 0.0665. The Morgan fingerprint density at radius 1 is 1.16 bits per heavy atom. The molecular weight excluding hydrogens is 392 g/mol. The van der Waals surface area contributed by atoms with Crippen LogP contribution < -0.4 is 4.74 Å². The lowest BCUT2D eigenvalue weighted by atomic mass is 9.84. The van der Waals surface area contributed by atoms with E-state index in [1.807, 2.05) is 29.2 Å². The summed E-state index contributed by atoms with van der Waals surface area (Å²) in [5.41, 5.74) is 2.29. The minimum absolute atomic E-state index is 0.0745. The number of likely N-dealkylation sites (tertiary alicyclic amines) is 1. The number of benzene rings is 2. The lowest BCUT2D eigenvalue weighted by Crippen LogP contribution is -2.46. The smallest absolute Gasteiger partial charge is 0.311 e. The number of carbonyl (C=O) groups is 2. The van der Waals surface area contributed by atoms with Gasteiger partial charge in [0.2, 0.25) is 5.91 Å². The van der Waals surface area contributed by atoms with E-state index in [-0.39, 0.29) is 24.5 Å². The lowest BCUT2D eigenvalue weighted by molar-refractivity contribution is -0.158. The summed E-state index contributed by atoms with van der Waals surface area (Å²) >= 11 is 0. The van der Waals surface area contributed by atoms with Crippen molar-refractivity contribution in [1.29, 1.82) is 5.26 Å². The van der Waals surface area contributed by atoms with Gasteiger partial charge in [-0.15, -0.1) is 0 Å². The fourth-order valence-corrected chi connectivity index (χ4v) is 3.94. The topological polar surface area (TPSA) is 79.6 Å². The number of methoxy groups -OCH3 is 1. The number of nitriles is 1. The molecule has 0 N–H and O–H groups in total. The van der Waals surface area contributed by atoms with E-state index >= 15 is 0 Å². The van der Waals surface area contributed by atoms with Crippen molar-refractivity contribution in [3.8, 4) is 11.8 Å². The Labute approximate surface area is 183 Å². The third-order valence-corrected chi connectivity index (χ3v) is 5.68. The molecule has 1 fully saturated rings. The number of unbranched alkanes of at least 4 members (excludes halogenated alkanes) is 1. The second-order valence-corrected chi connectivity index (χ2v) is 7.72. The van der Waals surface area contributed by atoms with Gasteiger partial charge in [0.1, 0.15) is 12.4 Å². The van der Waals surface area contributed by atoms with Gasteiger partial charge >= 0.3 is 5.97 Å². The number of carbonyl (C=O) groups excluding carboxylic acids is 2. The van der Waals surface area contributed by atoms with Crippen LogP contribution in [-0.2, 0) is 20.9 Å². The maximum atomic E-state index is 13.1. The van der Waals surface area contributed by atoms with Crippen LogP contribution in [0.2, 0.25) is 0 Å². The number of rotatable bonds is 8. The highest BCUT2D eigenvalue weighted by Crippen LogP contribution is 2.38. The van der Waals surface area contributed by atoms with E-state index in [4.69, 9.17) is 14.7 Å². The molecule has 1 aliphatic heterocycles. The first-order valence-electron chi connectivity index (χ1n) is 10.7. The first-order chi connectivity index (χ1) is 15.1. The average molecular weight is 421 g/mol. The third kappa shape index (κ3) is 5.43. The highest BCUT2D eigenvalue weighted by molar-refractivity contribution is 5.82. The van der Waals surface area contributed by atoms with Crippen molar-refractivity contribution in [2.75, 3.05) is 13.7 Å². The SMILES string of the molecule is CCCCN1C(=O)CC[C@@H](C(=O)OCc2ccc(C#N)cc2)[C@H]1c1ccc(OC)cc1. The molecule has 31 heavy (non-hydrogen) atoms. The first kappa shape index (κ1) is 22.4. The zero-order chi connectivity index (χ0) is 22.2. The van der Waals surface area contributed by atoms with E-state index in [2.05, 4.69) is 13.0 Å². The molecule has 1 amide bonds. The Morgan fingerprint density at radius 2 is 1.87 bits per heavy atom. The highest BCUT2D eigenvalue weighted by Gasteiger charge is 2.41. The fourth-order valence-electron chi connectivity index (χ4n) is 3.94. The van der Waals surface area contributed by atoms with Gasteiger partial charge in [0, 0.05) is 13.0 Å². The zero-order valence-corrected chi connectivity index (χ0v) is 18.0. The zero-order valence-electron chi connectivity index (χ0n) is 18.0. The quantitative estimate of drug-likeness (QED) is 0.592. The van der Waals surface area contributed by atoms with E-state index in [0.29, 0.717) is 24.9 Å². The average Bonchev–Trinajstić information content (AvgIpc) is 2.82. The van der Waals surface area contributed by atoms with Crippen molar-refractivity contribution in [2.45, 2.75) is 45.3 Å². The lowest BCUT2D eigenvalue weighted by Gasteiger charge is -2.40. The van der Waals surface area contributed by atoms with Crippen LogP contribution in [0.15, 0.2) is 48.5 Å². The van der Waals surface area contributed by atoms with Gasteiger partial charge in [-0.2, -0.15) is 5.26 Å². The summed E-state index contributed by atoms with van der Waals surface area (Å²) < 4.78 is 10.9. The van der Waals surface area contributed by atoms with Gasteiger partial charge in [0.15, 0.2) is 0 Å². The predicted molar refractivity (Wildman–Crippen MR) is 116 cm³/mol. The van der Waals surface area contributed by atoms with Crippen molar-refractivity contribution in [1.82, 2.24) is 4.90 Å². The molecule has 0 radical (unpaired) electrons. The van der Waals surface area contributed by atoms with Gasteiger partial charge in [0.25, 0.3) is 0 Å². The molecule has 0 bridgehead atoms. The largest absolute Gasteiger partial charge is 0.497 e. The molecule has 1 saturated heterocycles. The van der Waals surface area contributed by atoms with Crippen LogP contribution in [0.25, 0.3) is 0 Å².